The lowest BCUT2D eigenvalue weighted by molar-refractivity contribution is -0.149. The number of pyridine rings is 2. The molecule has 0 radical (unpaired) electrons. The zero-order valence-electron chi connectivity index (χ0n) is 24.4. The van der Waals surface area contributed by atoms with Crippen molar-refractivity contribution in [2.45, 2.75) is 50.0 Å². The first-order valence-corrected chi connectivity index (χ1v) is 13.9. The number of aromatic nitrogens is 2. The monoisotopic (exact) mass is 600 g/mol. The quantitative estimate of drug-likeness (QED) is 0.136. The van der Waals surface area contributed by atoms with Gasteiger partial charge in [0.05, 0.1) is 22.2 Å². The zero-order chi connectivity index (χ0) is 31.7. The highest BCUT2D eigenvalue weighted by molar-refractivity contribution is 5.91. The smallest absolute Gasteiger partial charge is 0.332 e. The van der Waals surface area contributed by atoms with Crippen molar-refractivity contribution in [3.05, 3.63) is 144 Å². The molecule has 2 aromatic heterocycles. The molecule has 8 nitrogen and oxygen atoms in total. The fourth-order valence-corrected chi connectivity index (χ4v) is 4.94. The van der Waals surface area contributed by atoms with E-state index in [4.69, 9.17) is 20.9 Å². The number of rotatable bonds is 12. The summed E-state index contributed by atoms with van der Waals surface area (Å²) in [6, 6.07) is 22.6. The Kier molecular flexibility index (Phi) is 10.3. The molecule has 228 valence electrons. The van der Waals surface area contributed by atoms with Crippen LogP contribution in [-0.2, 0) is 42.7 Å². The van der Waals surface area contributed by atoms with Crippen molar-refractivity contribution >= 4 is 11.9 Å². The van der Waals surface area contributed by atoms with Gasteiger partial charge in [-0.2, -0.15) is 0 Å². The highest BCUT2D eigenvalue weighted by Gasteiger charge is 2.39. The third kappa shape index (κ3) is 7.97. The summed E-state index contributed by atoms with van der Waals surface area (Å²) < 4.78 is 38.8. The van der Waals surface area contributed by atoms with Gasteiger partial charge in [0.25, 0.3) is 0 Å². The summed E-state index contributed by atoms with van der Waals surface area (Å²) in [5, 5.41) is 0. The molecule has 44 heavy (non-hydrogen) atoms. The van der Waals surface area contributed by atoms with Gasteiger partial charge in [-0.15, -0.1) is 0 Å². The molecule has 2 aromatic carbocycles. The summed E-state index contributed by atoms with van der Waals surface area (Å²) in [7, 11) is 0. The van der Waals surface area contributed by atoms with Crippen LogP contribution in [0.4, 0.5) is 8.78 Å². The Labute approximate surface area is 254 Å². The summed E-state index contributed by atoms with van der Waals surface area (Å²) in [5.74, 6) is -2.63. The van der Waals surface area contributed by atoms with E-state index < -0.39 is 46.9 Å². The first kappa shape index (κ1) is 32.1. The van der Waals surface area contributed by atoms with Gasteiger partial charge >= 0.3 is 11.9 Å². The van der Waals surface area contributed by atoms with Gasteiger partial charge in [-0.3, -0.25) is 21.4 Å². The molecule has 4 N–H and O–H groups in total. The SMILES string of the molecule is C[C@](Cc1cccc(F)c1)(c1ccccn1)C(N)OC(=O)/C=C/C(=O)OC(N)[C@@](C)(Cc1cccc(F)c1)c1ccccn1. The Hall–Kier alpha value is -4.80. The Bertz CT molecular complexity index is 1490. The first-order chi connectivity index (χ1) is 21.0. The molecular weight excluding hydrogens is 566 g/mol. The predicted molar refractivity (Wildman–Crippen MR) is 161 cm³/mol. The van der Waals surface area contributed by atoms with Crippen molar-refractivity contribution in [3.63, 3.8) is 0 Å². The Morgan fingerprint density at radius 3 is 1.45 bits per heavy atom. The van der Waals surface area contributed by atoms with Crippen molar-refractivity contribution < 1.29 is 27.8 Å². The number of carbonyl (C=O) groups excluding carboxylic acids is 2. The van der Waals surface area contributed by atoms with E-state index in [-0.39, 0.29) is 12.8 Å². The standard InChI is InChI=1S/C34H34F2N4O4/c1-33(27-13-3-5-17-39-27,21-23-9-7-11-25(35)19-23)31(37)43-29(41)15-16-30(42)44-32(38)34(2,28-14-4-6-18-40-28)22-24-10-8-12-26(36)20-24/h3-20,31-32H,21-22,37-38H2,1-2H3/b16-15+/t31?,32?,33-,34-/m0/s1. The van der Waals surface area contributed by atoms with Crippen molar-refractivity contribution in [2.24, 2.45) is 11.5 Å². The average Bonchev–Trinajstić information content (AvgIpc) is 3.00. The maximum Gasteiger partial charge on any atom is 0.332 e. The zero-order valence-corrected chi connectivity index (χ0v) is 24.4. The van der Waals surface area contributed by atoms with Gasteiger partial charge in [0.15, 0.2) is 12.5 Å². The Balaban J connectivity index is 1.46. The van der Waals surface area contributed by atoms with Crippen LogP contribution in [-0.4, -0.2) is 34.4 Å². The van der Waals surface area contributed by atoms with E-state index >= 15 is 0 Å². The number of nitrogens with two attached hydrogens (primary N) is 2. The summed E-state index contributed by atoms with van der Waals surface area (Å²) in [6.07, 6.45) is 2.95. The summed E-state index contributed by atoms with van der Waals surface area (Å²) in [5.41, 5.74) is 13.0. The van der Waals surface area contributed by atoms with Gasteiger partial charge in [-0.25, -0.2) is 18.4 Å². The van der Waals surface area contributed by atoms with Crippen LogP contribution in [0.5, 0.6) is 0 Å². The van der Waals surface area contributed by atoms with Gasteiger partial charge in [0, 0.05) is 24.5 Å². The first-order valence-electron chi connectivity index (χ1n) is 13.9. The number of esters is 2. The van der Waals surface area contributed by atoms with Crippen LogP contribution in [0.3, 0.4) is 0 Å². The summed E-state index contributed by atoms with van der Waals surface area (Å²) >= 11 is 0. The normalized spacial score (nSPS) is 15.5. The van der Waals surface area contributed by atoms with Crippen LogP contribution in [0.2, 0.25) is 0 Å². The molecule has 4 rings (SSSR count). The molecule has 2 unspecified atom stereocenters. The molecule has 0 aliphatic carbocycles. The number of benzene rings is 2. The van der Waals surface area contributed by atoms with Gasteiger partial charge in [0.2, 0.25) is 0 Å². The number of hydrogen-bond acceptors (Lipinski definition) is 8. The number of carbonyl (C=O) groups is 2. The van der Waals surface area contributed by atoms with Crippen molar-refractivity contribution in [1.82, 2.24) is 9.97 Å². The molecule has 0 spiro atoms. The van der Waals surface area contributed by atoms with Crippen LogP contribution < -0.4 is 11.5 Å². The molecule has 4 atom stereocenters. The largest absolute Gasteiger partial charge is 0.443 e. The van der Waals surface area contributed by atoms with E-state index in [0.717, 1.165) is 12.2 Å². The lowest BCUT2D eigenvalue weighted by Gasteiger charge is -2.34. The van der Waals surface area contributed by atoms with E-state index in [1.807, 2.05) is 0 Å². The third-order valence-corrected chi connectivity index (χ3v) is 7.52. The van der Waals surface area contributed by atoms with Crippen molar-refractivity contribution in [1.29, 1.82) is 0 Å². The lowest BCUT2D eigenvalue weighted by atomic mass is 9.78. The topological polar surface area (TPSA) is 130 Å². The molecule has 0 saturated heterocycles. The molecule has 0 fully saturated rings. The third-order valence-electron chi connectivity index (χ3n) is 7.52. The molecule has 0 amide bonds. The molecule has 0 saturated carbocycles. The Morgan fingerprint density at radius 2 is 1.11 bits per heavy atom. The highest BCUT2D eigenvalue weighted by atomic mass is 19.1. The van der Waals surface area contributed by atoms with E-state index in [1.165, 1.54) is 24.3 Å². The second kappa shape index (κ2) is 14.1. The van der Waals surface area contributed by atoms with Crippen LogP contribution in [0, 0.1) is 11.6 Å². The minimum atomic E-state index is -1.21. The molecule has 0 bridgehead atoms. The fraction of sp³-hybridized carbons (Fsp3) is 0.235. The van der Waals surface area contributed by atoms with Gasteiger partial charge in [-0.05, 0) is 86.3 Å². The van der Waals surface area contributed by atoms with Gasteiger partial charge in [-0.1, -0.05) is 36.4 Å². The maximum absolute atomic E-state index is 13.9. The van der Waals surface area contributed by atoms with Crippen molar-refractivity contribution in [3.8, 4) is 0 Å². The Morgan fingerprint density at radius 1 is 0.705 bits per heavy atom. The molecule has 0 aliphatic heterocycles. The average molecular weight is 601 g/mol. The van der Waals surface area contributed by atoms with Crippen LogP contribution in [0.15, 0.2) is 109 Å². The molecular formula is C34H34F2N4O4. The van der Waals surface area contributed by atoms with Crippen LogP contribution in [0.25, 0.3) is 0 Å². The number of halogens is 2. The number of ether oxygens (including phenoxy) is 2. The molecule has 10 heteroatoms. The lowest BCUT2D eigenvalue weighted by Crippen LogP contribution is -2.48. The highest BCUT2D eigenvalue weighted by Crippen LogP contribution is 2.32. The van der Waals surface area contributed by atoms with Crippen LogP contribution in [0.1, 0.15) is 36.4 Å². The fourth-order valence-electron chi connectivity index (χ4n) is 4.94. The second-order valence-electron chi connectivity index (χ2n) is 10.9. The van der Waals surface area contributed by atoms with E-state index in [2.05, 4.69) is 9.97 Å². The van der Waals surface area contributed by atoms with E-state index in [9.17, 15) is 18.4 Å². The van der Waals surface area contributed by atoms with E-state index in [1.54, 1.807) is 86.9 Å². The molecule has 2 heterocycles. The maximum atomic E-state index is 13.9. The van der Waals surface area contributed by atoms with Crippen molar-refractivity contribution in [2.75, 3.05) is 0 Å². The number of hydrogen-bond donors (Lipinski definition) is 2. The van der Waals surface area contributed by atoms with Gasteiger partial charge < -0.3 is 9.47 Å². The second-order valence-corrected chi connectivity index (χ2v) is 10.9. The number of nitrogens with zero attached hydrogens (tertiary/aromatic N) is 2. The van der Waals surface area contributed by atoms with Gasteiger partial charge in [0.1, 0.15) is 11.6 Å². The minimum Gasteiger partial charge on any atom is -0.443 e. The van der Waals surface area contributed by atoms with E-state index in [0.29, 0.717) is 22.5 Å². The predicted octanol–water partition coefficient (Wildman–Crippen LogP) is 4.67. The summed E-state index contributed by atoms with van der Waals surface area (Å²) in [6.45, 7) is 3.51. The molecule has 0 aliphatic rings. The minimum absolute atomic E-state index is 0.217. The molecule has 4 aromatic rings. The summed E-state index contributed by atoms with van der Waals surface area (Å²) in [4.78, 5) is 34.3. The van der Waals surface area contributed by atoms with Crippen LogP contribution >= 0.6 is 0 Å².